The number of ether oxygens (including phenoxy) is 1. The van der Waals surface area contributed by atoms with Gasteiger partial charge >= 0.3 is 11.9 Å². The third kappa shape index (κ3) is 10.0. The summed E-state index contributed by atoms with van der Waals surface area (Å²) in [7, 11) is 2.82. The summed E-state index contributed by atoms with van der Waals surface area (Å²) in [4.78, 5) is 22.5. The zero-order valence-corrected chi connectivity index (χ0v) is 11.3. The first-order valence-corrected chi connectivity index (χ1v) is 5.61. The molecule has 18 heavy (non-hydrogen) atoms. The molecule has 0 aliphatic rings. The molecule has 1 atom stereocenters. The molecule has 0 spiro atoms. The molecule has 0 aromatic carbocycles. The van der Waals surface area contributed by atoms with Crippen LogP contribution in [0, 0.1) is 0 Å². The first-order chi connectivity index (χ1) is 9.14. The number of carboxylic acid groups (broad SMARTS) is 1. The quantitative estimate of drug-likeness (QED) is 0.509. The standard InChI is InChI=1S/C12H23NO5/c1-12(2,17)7-11(16)18-9(6-10(14)15)8-13(3,4)5/h9,17H,6-8H2,1-5H3/p+1/i3D3. The molecule has 0 amide bonds. The monoisotopic (exact) mass is 265 g/mol. The predicted octanol–water partition coefficient (Wildman–Crippen LogP) is 0.240. The number of carboxylic acids is 1. The summed E-state index contributed by atoms with van der Waals surface area (Å²) in [6, 6.07) is 0. The Morgan fingerprint density at radius 1 is 1.44 bits per heavy atom. The lowest BCUT2D eigenvalue weighted by Gasteiger charge is -2.28. The summed E-state index contributed by atoms with van der Waals surface area (Å²) < 4.78 is 26.8. The molecular weight excluding hydrogens is 238 g/mol. The minimum Gasteiger partial charge on any atom is -0.481 e. The highest BCUT2D eigenvalue weighted by atomic mass is 16.5. The van der Waals surface area contributed by atoms with Gasteiger partial charge in [0.2, 0.25) is 0 Å². The number of carbonyl (C=O) groups excluding carboxylic acids is 1. The van der Waals surface area contributed by atoms with Crippen LogP contribution in [0.2, 0.25) is 0 Å². The van der Waals surface area contributed by atoms with E-state index in [0.29, 0.717) is 0 Å². The van der Waals surface area contributed by atoms with Crippen molar-refractivity contribution in [2.24, 2.45) is 0 Å². The molecule has 0 aromatic heterocycles. The van der Waals surface area contributed by atoms with E-state index in [9.17, 15) is 14.7 Å². The number of hydrogen-bond donors (Lipinski definition) is 2. The summed E-state index contributed by atoms with van der Waals surface area (Å²) in [5.74, 6) is -1.96. The van der Waals surface area contributed by atoms with Crippen molar-refractivity contribution in [3.05, 3.63) is 0 Å². The molecule has 0 aliphatic carbocycles. The molecule has 106 valence electrons. The Labute approximate surface area is 112 Å². The lowest BCUT2D eigenvalue weighted by molar-refractivity contribution is -0.873. The molecule has 0 fully saturated rings. The van der Waals surface area contributed by atoms with Crippen LogP contribution < -0.4 is 0 Å². The highest BCUT2D eigenvalue weighted by Gasteiger charge is 2.27. The molecule has 0 saturated heterocycles. The van der Waals surface area contributed by atoms with Crippen molar-refractivity contribution < 1.29 is 33.1 Å². The van der Waals surface area contributed by atoms with Gasteiger partial charge in [-0.2, -0.15) is 0 Å². The number of aliphatic hydroxyl groups is 1. The fourth-order valence-corrected chi connectivity index (χ4v) is 1.43. The number of carbonyl (C=O) groups is 2. The number of esters is 1. The Hall–Kier alpha value is -1.14. The van der Waals surface area contributed by atoms with Gasteiger partial charge in [0.25, 0.3) is 0 Å². The number of quaternary nitrogens is 1. The van der Waals surface area contributed by atoms with E-state index in [4.69, 9.17) is 14.0 Å². The molecule has 1 unspecified atom stereocenters. The molecule has 0 heterocycles. The summed E-state index contributed by atoms with van der Waals surface area (Å²) in [6.45, 7) is 0.311. The molecular formula is C12H24NO5+. The topological polar surface area (TPSA) is 83.8 Å². The van der Waals surface area contributed by atoms with Gasteiger partial charge in [0, 0.05) is 0 Å². The second-order valence-electron chi connectivity index (χ2n) is 5.57. The maximum absolute atomic E-state index is 11.7. The van der Waals surface area contributed by atoms with Crippen molar-refractivity contribution in [1.82, 2.24) is 0 Å². The second kappa shape index (κ2) is 6.15. The number of hydrogen-bond acceptors (Lipinski definition) is 4. The van der Waals surface area contributed by atoms with Crippen molar-refractivity contribution in [3.63, 3.8) is 0 Å². The zero-order valence-electron chi connectivity index (χ0n) is 14.3. The Balaban J connectivity index is 4.90. The third-order valence-electron chi connectivity index (χ3n) is 1.94. The molecule has 6 nitrogen and oxygen atoms in total. The van der Waals surface area contributed by atoms with Gasteiger partial charge in [0.1, 0.15) is 6.54 Å². The summed E-state index contributed by atoms with van der Waals surface area (Å²) >= 11 is 0. The summed E-state index contributed by atoms with van der Waals surface area (Å²) in [5, 5.41) is 18.4. The van der Waals surface area contributed by atoms with Gasteiger partial charge in [0.05, 0.1) is 43.6 Å². The van der Waals surface area contributed by atoms with Crippen molar-refractivity contribution >= 4 is 11.9 Å². The van der Waals surface area contributed by atoms with Crippen LogP contribution in [0.3, 0.4) is 0 Å². The van der Waals surface area contributed by atoms with Gasteiger partial charge in [-0.1, -0.05) is 0 Å². The fourth-order valence-electron chi connectivity index (χ4n) is 1.43. The number of likely N-dealkylation sites (N-methyl/N-ethyl adjacent to an activating group) is 1. The number of rotatable bonds is 7. The van der Waals surface area contributed by atoms with Crippen LogP contribution >= 0.6 is 0 Å². The van der Waals surface area contributed by atoms with Crippen LogP contribution in [0.5, 0.6) is 0 Å². The first kappa shape index (κ1) is 11.9. The lowest BCUT2D eigenvalue weighted by atomic mass is 10.1. The van der Waals surface area contributed by atoms with E-state index in [0.717, 1.165) is 0 Å². The highest BCUT2D eigenvalue weighted by Crippen LogP contribution is 2.12. The van der Waals surface area contributed by atoms with Gasteiger partial charge in [-0.25, -0.2) is 0 Å². The third-order valence-corrected chi connectivity index (χ3v) is 1.94. The first-order valence-electron chi connectivity index (χ1n) is 7.11. The Morgan fingerprint density at radius 2 is 2.00 bits per heavy atom. The maximum atomic E-state index is 11.7. The van der Waals surface area contributed by atoms with E-state index in [-0.39, 0.29) is 13.0 Å². The van der Waals surface area contributed by atoms with E-state index in [2.05, 4.69) is 0 Å². The molecule has 0 aromatic rings. The van der Waals surface area contributed by atoms with Gasteiger partial charge < -0.3 is 19.4 Å². The van der Waals surface area contributed by atoms with Crippen LogP contribution in [-0.4, -0.2) is 66.0 Å². The van der Waals surface area contributed by atoms with Gasteiger partial charge in [-0.15, -0.1) is 0 Å². The molecule has 6 heteroatoms. The molecule has 0 aliphatic heterocycles. The van der Waals surface area contributed by atoms with E-state index in [1.165, 1.54) is 27.9 Å². The van der Waals surface area contributed by atoms with Crippen LogP contribution in [0.25, 0.3) is 0 Å². The molecule has 2 N–H and O–H groups in total. The zero-order chi connectivity index (χ0) is 17.1. The van der Waals surface area contributed by atoms with Crippen molar-refractivity contribution in [3.8, 4) is 0 Å². The maximum Gasteiger partial charge on any atom is 0.309 e. The van der Waals surface area contributed by atoms with E-state index in [1.54, 1.807) is 0 Å². The Morgan fingerprint density at radius 3 is 2.39 bits per heavy atom. The average Bonchev–Trinajstić information content (AvgIpc) is 2.08. The van der Waals surface area contributed by atoms with Crippen LogP contribution in [-0.2, 0) is 14.3 Å². The smallest absolute Gasteiger partial charge is 0.309 e. The van der Waals surface area contributed by atoms with Gasteiger partial charge in [-0.3, -0.25) is 9.59 Å². The molecule has 0 radical (unpaired) electrons. The van der Waals surface area contributed by atoms with Crippen molar-refractivity contribution in [1.29, 1.82) is 0 Å². The Bertz CT molecular complexity index is 387. The molecule has 0 rings (SSSR count). The highest BCUT2D eigenvalue weighted by molar-refractivity contribution is 5.72. The molecule has 0 saturated carbocycles. The SMILES string of the molecule is [2H]C([2H])([2H])[N+](C)(C)CC(CC(=O)O)OC(=O)CC(C)(C)O. The van der Waals surface area contributed by atoms with Gasteiger partial charge in [0.15, 0.2) is 6.10 Å². The lowest BCUT2D eigenvalue weighted by Crippen LogP contribution is -2.44. The van der Waals surface area contributed by atoms with Crippen molar-refractivity contribution in [2.45, 2.75) is 38.4 Å². The summed E-state index contributed by atoms with van der Waals surface area (Å²) in [5.41, 5.74) is -1.28. The largest absolute Gasteiger partial charge is 0.481 e. The summed E-state index contributed by atoms with van der Waals surface area (Å²) in [6.07, 6.45) is -1.87. The van der Waals surface area contributed by atoms with Crippen LogP contribution in [0.4, 0.5) is 0 Å². The fraction of sp³-hybridized carbons (Fsp3) is 0.833. The minimum absolute atomic E-state index is 0.166. The predicted molar refractivity (Wildman–Crippen MR) is 65.9 cm³/mol. The van der Waals surface area contributed by atoms with E-state index in [1.807, 2.05) is 0 Å². The normalized spacial score (nSPS) is 17.3. The van der Waals surface area contributed by atoms with E-state index >= 15 is 0 Å². The van der Waals surface area contributed by atoms with Crippen LogP contribution in [0.15, 0.2) is 0 Å². The minimum atomic E-state index is -2.36. The van der Waals surface area contributed by atoms with Crippen LogP contribution in [0.1, 0.15) is 30.8 Å². The number of aliphatic carboxylic acids is 1. The second-order valence-corrected chi connectivity index (χ2v) is 5.57. The van der Waals surface area contributed by atoms with Gasteiger partial charge in [-0.05, 0) is 13.8 Å². The van der Waals surface area contributed by atoms with Crippen molar-refractivity contribution in [2.75, 3.05) is 27.6 Å². The number of nitrogens with zero attached hydrogens (tertiary/aromatic N) is 1. The Kier molecular flexibility index (Phi) is 4.07. The van der Waals surface area contributed by atoms with E-state index < -0.39 is 41.5 Å². The average molecular weight is 265 g/mol. The molecule has 0 bridgehead atoms.